The molecule has 0 atom stereocenters. The first-order valence-electron chi connectivity index (χ1n) is 6.46. The van der Waals surface area contributed by atoms with Crippen LogP contribution in [0.4, 0.5) is 5.69 Å². The van der Waals surface area contributed by atoms with Gasteiger partial charge in [-0.25, -0.2) is 13.1 Å². The van der Waals surface area contributed by atoms with Gasteiger partial charge in [0.05, 0.1) is 4.92 Å². The Hall–Kier alpha value is -2.00. The Bertz CT molecular complexity index is 696. The lowest BCUT2D eigenvalue weighted by Crippen LogP contribution is -2.44. The zero-order chi connectivity index (χ0) is 17.1. The van der Waals surface area contributed by atoms with E-state index in [-0.39, 0.29) is 18.4 Å². The van der Waals surface area contributed by atoms with Crippen molar-refractivity contribution < 1.29 is 23.2 Å². The van der Waals surface area contributed by atoms with Crippen LogP contribution < -0.4 is 4.72 Å². The molecule has 1 aromatic carbocycles. The van der Waals surface area contributed by atoms with Gasteiger partial charge in [-0.15, -0.1) is 0 Å². The number of carboxylic acid groups (broad SMARTS) is 1. The summed E-state index contributed by atoms with van der Waals surface area (Å²) in [4.78, 5) is 20.5. The largest absolute Gasteiger partial charge is 0.481 e. The number of nitro benzene ring substituents is 1. The predicted octanol–water partition coefficient (Wildman–Crippen LogP) is 1.82. The summed E-state index contributed by atoms with van der Waals surface area (Å²) < 4.78 is 27.3. The van der Waals surface area contributed by atoms with Crippen molar-refractivity contribution >= 4 is 21.7 Å². The Labute approximate surface area is 128 Å². The molecule has 122 valence electrons. The number of nitro groups is 1. The van der Waals surface area contributed by atoms with Gasteiger partial charge in [0, 0.05) is 18.0 Å². The maximum Gasteiger partial charge on any atom is 0.303 e. The van der Waals surface area contributed by atoms with Crippen LogP contribution in [0.2, 0.25) is 0 Å². The summed E-state index contributed by atoms with van der Waals surface area (Å²) >= 11 is 0. The van der Waals surface area contributed by atoms with E-state index < -0.39 is 37.0 Å². The molecule has 0 aromatic heterocycles. The van der Waals surface area contributed by atoms with E-state index in [1.807, 2.05) is 0 Å². The number of aliphatic carboxylic acids is 1. The molecule has 0 aliphatic carbocycles. The van der Waals surface area contributed by atoms with Crippen LogP contribution in [0.25, 0.3) is 0 Å². The van der Waals surface area contributed by atoms with Crippen LogP contribution in [0, 0.1) is 17.0 Å². The molecule has 1 aromatic rings. The molecule has 0 amide bonds. The SMILES string of the molecule is Cc1cccc([N+](=O)[O-])c1S(=O)(=O)NC(C)(C)CCC(=O)O. The fraction of sp³-hybridized carbons (Fsp3) is 0.462. The van der Waals surface area contributed by atoms with Gasteiger partial charge in [0.15, 0.2) is 4.90 Å². The molecule has 9 heteroatoms. The number of carbonyl (C=O) groups is 1. The van der Waals surface area contributed by atoms with Crippen molar-refractivity contribution in [2.75, 3.05) is 0 Å². The number of nitrogens with zero attached hydrogens (tertiary/aromatic N) is 1. The minimum absolute atomic E-state index is 0.0568. The highest BCUT2D eigenvalue weighted by Gasteiger charge is 2.33. The third-order valence-corrected chi connectivity index (χ3v) is 4.92. The average Bonchev–Trinajstić information content (AvgIpc) is 2.34. The van der Waals surface area contributed by atoms with Crippen LogP contribution in [-0.4, -0.2) is 30.0 Å². The van der Waals surface area contributed by atoms with Crippen molar-refractivity contribution in [2.45, 2.75) is 44.0 Å². The maximum absolute atomic E-state index is 12.5. The van der Waals surface area contributed by atoms with E-state index in [0.29, 0.717) is 0 Å². The maximum atomic E-state index is 12.5. The van der Waals surface area contributed by atoms with Gasteiger partial charge in [0.1, 0.15) is 0 Å². The van der Waals surface area contributed by atoms with Crippen LogP contribution in [0.15, 0.2) is 23.1 Å². The Kier molecular flexibility index (Phi) is 5.26. The van der Waals surface area contributed by atoms with Gasteiger partial charge < -0.3 is 5.11 Å². The first kappa shape index (κ1) is 18.1. The molecule has 0 bridgehead atoms. The Morgan fingerprint density at radius 1 is 1.41 bits per heavy atom. The van der Waals surface area contributed by atoms with Gasteiger partial charge in [-0.05, 0) is 32.8 Å². The van der Waals surface area contributed by atoms with Gasteiger partial charge >= 0.3 is 5.97 Å². The Balaban J connectivity index is 3.21. The third-order valence-electron chi connectivity index (χ3n) is 3.03. The lowest BCUT2D eigenvalue weighted by molar-refractivity contribution is -0.387. The zero-order valence-electron chi connectivity index (χ0n) is 12.5. The van der Waals surface area contributed by atoms with E-state index in [1.54, 1.807) is 0 Å². The predicted molar refractivity (Wildman–Crippen MR) is 79.1 cm³/mol. The van der Waals surface area contributed by atoms with Crippen LogP contribution in [-0.2, 0) is 14.8 Å². The van der Waals surface area contributed by atoms with Crippen molar-refractivity contribution in [2.24, 2.45) is 0 Å². The number of hydrogen-bond donors (Lipinski definition) is 2. The summed E-state index contributed by atoms with van der Waals surface area (Å²) in [5.74, 6) is -1.05. The summed E-state index contributed by atoms with van der Waals surface area (Å²) in [5.41, 5.74) is -1.31. The molecule has 0 heterocycles. The second kappa shape index (κ2) is 6.41. The van der Waals surface area contributed by atoms with Gasteiger partial charge in [-0.2, -0.15) is 0 Å². The zero-order valence-corrected chi connectivity index (χ0v) is 13.3. The van der Waals surface area contributed by atoms with Crippen molar-refractivity contribution in [3.63, 3.8) is 0 Å². The monoisotopic (exact) mass is 330 g/mol. The first-order chi connectivity index (χ1) is 9.96. The molecule has 22 heavy (non-hydrogen) atoms. The molecule has 0 unspecified atom stereocenters. The number of nitrogens with one attached hydrogen (secondary N) is 1. The summed E-state index contributed by atoms with van der Waals surface area (Å²) in [6, 6.07) is 3.99. The van der Waals surface area contributed by atoms with Gasteiger partial charge in [-0.3, -0.25) is 14.9 Å². The fourth-order valence-corrected chi connectivity index (χ4v) is 3.86. The van der Waals surface area contributed by atoms with Crippen molar-refractivity contribution in [1.82, 2.24) is 4.72 Å². The van der Waals surface area contributed by atoms with E-state index in [9.17, 15) is 23.3 Å². The van der Waals surface area contributed by atoms with Crippen molar-refractivity contribution in [1.29, 1.82) is 0 Å². The quantitative estimate of drug-likeness (QED) is 0.580. The van der Waals surface area contributed by atoms with E-state index in [1.165, 1.54) is 32.9 Å². The summed E-state index contributed by atoms with van der Waals surface area (Å²) in [6.45, 7) is 4.51. The minimum atomic E-state index is -4.16. The normalized spacial score (nSPS) is 12.1. The van der Waals surface area contributed by atoms with E-state index >= 15 is 0 Å². The fourth-order valence-electron chi connectivity index (χ4n) is 2.02. The Morgan fingerprint density at radius 2 is 2.00 bits per heavy atom. The number of sulfonamides is 1. The molecule has 2 N–H and O–H groups in total. The molecular formula is C13H18N2O6S. The second-order valence-corrected chi connectivity index (χ2v) is 7.18. The Morgan fingerprint density at radius 3 is 2.50 bits per heavy atom. The lowest BCUT2D eigenvalue weighted by atomic mass is 10.0. The average molecular weight is 330 g/mol. The number of aryl methyl sites for hydroxylation is 1. The molecule has 0 aliphatic heterocycles. The lowest BCUT2D eigenvalue weighted by Gasteiger charge is -2.25. The molecular weight excluding hydrogens is 312 g/mol. The molecule has 0 radical (unpaired) electrons. The summed E-state index contributed by atoms with van der Waals surface area (Å²) in [6.07, 6.45) is -0.160. The van der Waals surface area contributed by atoms with Crippen molar-refractivity contribution in [3.05, 3.63) is 33.9 Å². The van der Waals surface area contributed by atoms with Crippen LogP contribution in [0.3, 0.4) is 0 Å². The smallest absolute Gasteiger partial charge is 0.303 e. The second-order valence-electron chi connectivity index (χ2n) is 5.56. The van der Waals surface area contributed by atoms with Gasteiger partial charge in [-0.1, -0.05) is 12.1 Å². The van der Waals surface area contributed by atoms with Gasteiger partial charge in [0.2, 0.25) is 10.0 Å². The number of hydrogen-bond acceptors (Lipinski definition) is 5. The van der Waals surface area contributed by atoms with E-state index in [0.717, 1.165) is 6.07 Å². The molecule has 0 saturated heterocycles. The van der Waals surface area contributed by atoms with Crippen LogP contribution in [0.1, 0.15) is 32.3 Å². The van der Waals surface area contributed by atoms with E-state index in [4.69, 9.17) is 5.11 Å². The number of carboxylic acids is 1. The van der Waals surface area contributed by atoms with E-state index in [2.05, 4.69) is 4.72 Å². The molecule has 0 fully saturated rings. The first-order valence-corrected chi connectivity index (χ1v) is 7.94. The third kappa shape index (κ3) is 4.50. The molecule has 0 spiro atoms. The highest BCUT2D eigenvalue weighted by atomic mass is 32.2. The summed E-state index contributed by atoms with van der Waals surface area (Å²) in [7, 11) is -4.16. The molecule has 0 saturated carbocycles. The molecule has 1 rings (SSSR count). The number of benzene rings is 1. The van der Waals surface area contributed by atoms with Gasteiger partial charge in [0.25, 0.3) is 5.69 Å². The minimum Gasteiger partial charge on any atom is -0.481 e. The molecule has 8 nitrogen and oxygen atoms in total. The highest BCUT2D eigenvalue weighted by Crippen LogP contribution is 2.28. The molecule has 0 aliphatic rings. The topological polar surface area (TPSA) is 127 Å². The number of rotatable bonds is 7. The van der Waals surface area contributed by atoms with Crippen LogP contribution >= 0.6 is 0 Å². The summed E-state index contributed by atoms with van der Waals surface area (Å²) in [5, 5.41) is 19.7. The van der Waals surface area contributed by atoms with Crippen molar-refractivity contribution in [3.8, 4) is 0 Å². The highest BCUT2D eigenvalue weighted by molar-refractivity contribution is 7.89. The standard InChI is InChI=1S/C13H18N2O6S/c1-9-5-4-6-10(15(18)19)12(9)22(20,21)14-13(2,3)8-7-11(16)17/h4-6,14H,7-8H2,1-3H3,(H,16,17). The van der Waals surface area contributed by atoms with Crippen LogP contribution in [0.5, 0.6) is 0 Å².